The molecule has 1 saturated carbocycles. The highest BCUT2D eigenvalue weighted by Crippen LogP contribution is 2.19. The summed E-state index contributed by atoms with van der Waals surface area (Å²) in [5, 5.41) is 2.92. The molecule has 0 aromatic heterocycles. The smallest absolute Gasteiger partial charge is 0.252 e. The van der Waals surface area contributed by atoms with E-state index in [1.165, 1.54) is 0 Å². The molecule has 1 fully saturated rings. The Balaban J connectivity index is 1.60. The predicted molar refractivity (Wildman–Crippen MR) is 87.3 cm³/mol. The Morgan fingerprint density at radius 3 is 2.71 bits per heavy atom. The van der Waals surface area contributed by atoms with E-state index in [9.17, 15) is 4.79 Å². The Hall–Kier alpha value is -0.910. The zero-order valence-corrected chi connectivity index (χ0v) is 13.8. The summed E-state index contributed by atoms with van der Waals surface area (Å²) in [4.78, 5) is 12.0. The molecule has 0 bridgehead atoms. The second-order valence-electron chi connectivity index (χ2n) is 5.50. The van der Waals surface area contributed by atoms with Gasteiger partial charge in [-0.05, 0) is 60.2 Å². The molecule has 1 aliphatic rings. The van der Waals surface area contributed by atoms with Crippen LogP contribution in [-0.2, 0) is 4.74 Å². The van der Waals surface area contributed by atoms with Crippen molar-refractivity contribution in [3.63, 3.8) is 0 Å². The van der Waals surface area contributed by atoms with E-state index in [-0.39, 0.29) is 5.91 Å². The van der Waals surface area contributed by atoms with Gasteiger partial charge < -0.3 is 15.8 Å². The number of hydrogen-bond donors (Lipinski definition) is 2. The molecule has 1 aromatic rings. The number of halogens is 1. The number of nitrogens with one attached hydrogen (secondary N) is 1. The summed E-state index contributed by atoms with van der Waals surface area (Å²) in [6, 6.07) is 7.78. The average Bonchev–Trinajstić information content (AvgIpc) is 2.49. The van der Waals surface area contributed by atoms with Gasteiger partial charge in [0.15, 0.2) is 0 Å². The summed E-state index contributed by atoms with van der Waals surface area (Å²) in [5.41, 5.74) is 6.53. The molecule has 0 heterocycles. The van der Waals surface area contributed by atoms with E-state index in [0.29, 0.717) is 30.9 Å². The molecule has 0 unspecified atom stereocenters. The summed E-state index contributed by atoms with van der Waals surface area (Å²) in [6.07, 6.45) is 5.42. The predicted octanol–water partition coefficient (Wildman–Crippen LogP) is 2.86. The standard InChI is InChI=1S/C16H23BrN2O2/c17-15-5-2-1-4-14(15)16(20)19-10-3-11-21-13-8-6-12(18)7-9-13/h1-2,4-5,12-13H,3,6-11,18H2,(H,19,20). The van der Waals surface area contributed by atoms with Gasteiger partial charge in [0, 0.05) is 23.7 Å². The zero-order chi connectivity index (χ0) is 15.1. The van der Waals surface area contributed by atoms with Gasteiger partial charge in [0.2, 0.25) is 0 Å². The highest BCUT2D eigenvalue weighted by Gasteiger charge is 2.18. The van der Waals surface area contributed by atoms with Crippen molar-refractivity contribution < 1.29 is 9.53 Å². The second kappa shape index (κ2) is 8.51. The first-order valence-electron chi connectivity index (χ1n) is 7.56. The molecule has 1 amide bonds. The van der Waals surface area contributed by atoms with Crippen LogP contribution < -0.4 is 11.1 Å². The molecule has 1 aromatic carbocycles. The maximum Gasteiger partial charge on any atom is 0.252 e. The highest BCUT2D eigenvalue weighted by molar-refractivity contribution is 9.10. The van der Waals surface area contributed by atoms with Crippen molar-refractivity contribution in [2.75, 3.05) is 13.2 Å². The van der Waals surface area contributed by atoms with Crippen LogP contribution in [0, 0.1) is 0 Å². The molecule has 0 radical (unpaired) electrons. The lowest BCUT2D eigenvalue weighted by molar-refractivity contribution is 0.0241. The van der Waals surface area contributed by atoms with Crippen LogP contribution in [0.15, 0.2) is 28.7 Å². The third-order valence-corrected chi connectivity index (χ3v) is 4.49. The van der Waals surface area contributed by atoms with Gasteiger partial charge in [0.05, 0.1) is 11.7 Å². The van der Waals surface area contributed by atoms with Gasteiger partial charge in [0.25, 0.3) is 5.91 Å². The average molecular weight is 355 g/mol. The molecular weight excluding hydrogens is 332 g/mol. The topological polar surface area (TPSA) is 64.3 Å². The van der Waals surface area contributed by atoms with Crippen LogP contribution in [0.3, 0.4) is 0 Å². The molecule has 21 heavy (non-hydrogen) atoms. The van der Waals surface area contributed by atoms with Crippen molar-refractivity contribution in [1.82, 2.24) is 5.32 Å². The molecule has 5 heteroatoms. The van der Waals surface area contributed by atoms with Crippen molar-refractivity contribution in [2.24, 2.45) is 5.73 Å². The SMILES string of the molecule is NC1CCC(OCCCNC(=O)c2ccccc2Br)CC1. The first kappa shape index (κ1) is 16.5. The largest absolute Gasteiger partial charge is 0.378 e. The summed E-state index contributed by atoms with van der Waals surface area (Å²) in [7, 11) is 0. The Labute approximate surface area is 134 Å². The number of benzene rings is 1. The van der Waals surface area contributed by atoms with Crippen LogP contribution in [0.2, 0.25) is 0 Å². The van der Waals surface area contributed by atoms with Gasteiger partial charge in [-0.3, -0.25) is 4.79 Å². The maximum absolute atomic E-state index is 12.0. The van der Waals surface area contributed by atoms with Crippen molar-refractivity contribution >= 4 is 21.8 Å². The zero-order valence-electron chi connectivity index (χ0n) is 12.2. The van der Waals surface area contributed by atoms with Crippen LogP contribution in [0.1, 0.15) is 42.5 Å². The van der Waals surface area contributed by atoms with E-state index in [1.54, 1.807) is 6.07 Å². The first-order chi connectivity index (χ1) is 10.2. The quantitative estimate of drug-likeness (QED) is 0.772. The van der Waals surface area contributed by atoms with Gasteiger partial charge in [-0.2, -0.15) is 0 Å². The van der Waals surface area contributed by atoms with Crippen molar-refractivity contribution in [1.29, 1.82) is 0 Å². The molecule has 1 aliphatic carbocycles. The lowest BCUT2D eigenvalue weighted by Crippen LogP contribution is -2.31. The normalized spacial score (nSPS) is 22.0. The minimum absolute atomic E-state index is 0.0499. The number of carbonyl (C=O) groups is 1. The number of ether oxygens (including phenoxy) is 1. The highest BCUT2D eigenvalue weighted by atomic mass is 79.9. The minimum atomic E-state index is -0.0499. The Bertz CT molecular complexity index is 459. The van der Waals surface area contributed by atoms with Gasteiger partial charge in [-0.1, -0.05) is 12.1 Å². The van der Waals surface area contributed by atoms with Crippen LogP contribution in [0.5, 0.6) is 0 Å². The van der Waals surface area contributed by atoms with Gasteiger partial charge in [-0.25, -0.2) is 0 Å². The molecule has 0 spiro atoms. The fourth-order valence-electron chi connectivity index (χ4n) is 2.52. The van der Waals surface area contributed by atoms with Crippen LogP contribution in [-0.4, -0.2) is 31.2 Å². The fourth-order valence-corrected chi connectivity index (χ4v) is 2.98. The lowest BCUT2D eigenvalue weighted by atomic mass is 9.94. The molecule has 3 N–H and O–H groups in total. The number of carbonyl (C=O) groups excluding carboxylic acids is 1. The number of hydrogen-bond acceptors (Lipinski definition) is 3. The van der Waals surface area contributed by atoms with E-state index < -0.39 is 0 Å². The molecular formula is C16H23BrN2O2. The maximum atomic E-state index is 12.0. The van der Waals surface area contributed by atoms with Crippen LogP contribution >= 0.6 is 15.9 Å². The molecule has 116 valence electrons. The lowest BCUT2D eigenvalue weighted by Gasteiger charge is -2.26. The summed E-state index contributed by atoms with van der Waals surface area (Å²) in [5.74, 6) is -0.0499. The van der Waals surface area contributed by atoms with E-state index in [4.69, 9.17) is 10.5 Å². The van der Waals surface area contributed by atoms with Crippen molar-refractivity contribution in [3.05, 3.63) is 34.3 Å². The van der Waals surface area contributed by atoms with Gasteiger partial charge in [0.1, 0.15) is 0 Å². The summed E-state index contributed by atoms with van der Waals surface area (Å²) >= 11 is 3.38. The van der Waals surface area contributed by atoms with Crippen molar-refractivity contribution in [3.8, 4) is 0 Å². The third-order valence-electron chi connectivity index (χ3n) is 3.80. The summed E-state index contributed by atoms with van der Waals surface area (Å²) < 4.78 is 6.64. The molecule has 0 saturated heterocycles. The first-order valence-corrected chi connectivity index (χ1v) is 8.36. The summed E-state index contributed by atoms with van der Waals surface area (Å²) in [6.45, 7) is 1.32. The van der Waals surface area contributed by atoms with E-state index in [2.05, 4.69) is 21.2 Å². The second-order valence-corrected chi connectivity index (χ2v) is 6.35. The molecule has 0 atom stereocenters. The number of nitrogens with two attached hydrogens (primary N) is 1. The van der Waals surface area contributed by atoms with Crippen LogP contribution in [0.4, 0.5) is 0 Å². The van der Waals surface area contributed by atoms with E-state index in [1.807, 2.05) is 18.2 Å². The molecule has 2 rings (SSSR count). The fraction of sp³-hybridized carbons (Fsp3) is 0.562. The third kappa shape index (κ3) is 5.41. The minimum Gasteiger partial charge on any atom is -0.378 e. The van der Waals surface area contributed by atoms with E-state index in [0.717, 1.165) is 36.6 Å². The van der Waals surface area contributed by atoms with E-state index >= 15 is 0 Å². The molecule has 4 nitrogen and oxygen atoms in total. The van der Waals surface area contributed by atoms with Crippen LogP contribution in [0.25, 0.3) is 0 Å². The van der Waals surface area contributed by atoms with Crippen molar-refractivity contribution in [2.45, 2.75) is 44.2 Å². The van der Waals surface area contributed by atoms with Gasteiger partial charge >= 0.3 is 0 Å². The Morgan fingerprint density at radius 2 is 2.00 bits per heavy atom. The Morgan fingerprint density at radius 1 is 1.29 bits per heavy atom. The molecule has 0 aliphatic heterocycles. The van der Waals surface area contributed by atoms with Gasteiger partial charge in [-0.15, -0.1) is 0 Å². The number of rotatable bonds is 6. The monoisotopic (exact) mass is 354 g/mol. The number of amides is 1. The Kier molecular flexibility index (Phi) is 6.67.